The lowest BCUT2D eigenvalue weighted by Crippen LogP contribution is -2.40. The summed E-state index contributed by atoms with van der Waals surface area (Å²) in [5.74, 6) is 0.0816. The second-order valence-electron chi connectivity index (χ2n) is 5.87. The molecule has 0 unspecified atom stereocenters. The van der Waals surface area contributed by atoms with Crippen LogP contribution in [0.1, 0.15) is 46.5 Å². The van der Waals surface area contributed by atoms with Gasteiger partial charge < -0.3 is 10.5 Å². The van der Waals surface area contributed by atoms with Crippen LogP contribution in [0.4, 0.5) is 0 Å². The van der Waals surface area contributed by atoms with Crippen LogP contribution in [0, 0.1) is 0 Å². The Hall–Kier alpha value is -0.130. The molecule has 0 saturated heterocycles. The van der Waals surface area contributed by atoms with E-state index < -0.39 is 14.6 Å². The summed E-state index contributed by atoms with van der Waals surface area (Å²) in [6.07, 6.45) is 4.17. The first-order valence-corrected chi connectivity index (χ1v) is 7.94. The first-order valence-electron chi connectivity index (χ1n) is 6.29. The third-order valence-corrected chi connectivity index (χ3v) is 6.15. The third kappa shape index (κ3) is 3.66. The summed E-state index contributed by atoms with van der Waals surface area (Å²) in [7, 11) is -3.09. The SMILES string of the molecule is CC(C)(C)S(=O)(=O)CCOC1(CN)CCCC1. The zero-order valence-corrected chi connectivity index (χ0v) is 12.0. The van der Waals surface area contributed by atoms with Gasteiger partial charge in [0.2, 0.25) is 0 Å². The molecular weight excluding hydrogens is 238 g/mol. The standard InChI is InChI=1S/C12H25NO3S/c1-11(2,3)17(14,15)9-8-16-12(10-13)6-4-5-7-12/h4-10,13H2,1-3H3. The van der Waals surface area contributed by atoms with E-state index in [0.717, 1.165) is 25.7 Å². The Balaban J connectivity index is 2.48. The van der Waals surface area contributed by atoms with Crippen molar-refractivity contribution in [3.05, 3.63) is 0 Å². The van der Waals surface area contributed by atoms with Gasteiger partial charge in [-0.1, -0.05) is 12.8 Å². The van der Waals surface area contributed by atoms with Crippen molar-refractivity contribution in [2.75, 3.05) is 18.9 Å². The maximum absolute atomic E-state index is 11.9. The van der Waals surface area contributed by atoms with Crippen LogP contribution < -0.4 is 5.73 Å². The molecule has 0 amide bonds. The van der Waals surface area contributed by atoms with Gasteiger partial charge in [-0.15, -0.1) is 0 Å². The lowest BCUT2D eigenvalue weighted by Gasteiger charge is -2.28. The quantitative estimate of drug-likeness (QED) is 0.816. The number of ether oxygens (including phenoxy) is 1. The smallest absolute Gasteiger partial charge is 0.157 e. The van der Waals surface area contributed by atoms with E-state index >= 15 is 0 Å². The molecule has 17 heavy (non-hydrogen) atoms. The second-order valence-corrected chi connectivity index (χ2v) is 8.74. The summed E-state index contributed by atoms with van der Waals surface area (Å²) < 4.78 is 28.9. The van der Waals surface area contributed by atoms with E-state index in [1.165, 1.54) is 0 Å². The molecule has 1 fully saturated rings. The molecule has 0 radical (unpaired) electrons. The topological polar surface area (TPSA) is 69.4 Å². The molecule has 4 nitrogen and oxygen atoms in total. The predicted octanol–water partition coefficient (Wildman–Crippen LogP) is 1.49. The fraction of sp³-hybridized carbons (Fsp3) is 1.00. The Kier molecular flexibility index (Phi) is 4.60. The lowest BCUT2D eigenvalue weighted by atomic mass is 10.0. The van der Waals surface area contributed by atoms with E-state index in [-0.39, 0.29) is 18.0 Å². The fourth-order valence-corrected chi connectivity index (χ4v) is 3.02. The van der Waals surface area contributed by atoms with Crippen LogP contribution in [0.3, 0.4) is 0 Å². The van der Waals surface area contributed by atoms with Gasteiger partial charge in [0.25, 0.3) is 0 Å². The van der Waals surface area contributed by atoms with Crippen LogP contribution in [-0.4, -0.2) is 37.7 Å². The Labute approximate surface area is 105 Å². The molecule has 0 heterocycles. The molecule has 0 aliphatic heterocycles. The van der Waals surface area contributed by atoms with Gasteiger partial charge in [-0.3, -0.25) is 0 Å². The minimum atomic E-state index is -3.09. The number of sulfone groups is 1. The van der Waals surface area contributed by atoms with E-state index in [1.807, 2.05) is 0 Å². The highest BCUT2D eigenvalue weighted by Gasteiger charge is 2.35. The molecule has 0 spiro atoms. The van der Waals surface area contributed by atoms with Crippen LogP contribution in [0.5, 0.6) is 0 Å². The third-order valence-electron chi connectivity index (χ3n) is 3.58. The maximum atomic E-state index is 11.9. The molecule has 1 rings (SSSR count). The first-order chi connectivity index (χ1) is 7.72. The van der Waals surface area contributed by atoms with E-state index in [1.54, 1.807) is 20.8 Å². The molecule has 0 aromatic heterocycles. The Bertz CT molecular complexity index is 337. The minimum absolute atomic E-state index is 0.0816. The van der Waals surface area contributed by atoms with Gasteiger partial charge in [-0.05, 0) is 33.6 Å². The van der Waals surface area contributed by atoms with Crippen molar-refractivity contribution in [2.45, 2.75) is 56.8 Å². The second kappa shape index (κ2) is 5.24. The summed E-state index contributed by atoms with van der Waals surface area (Å²) >= 11 is 0. The molecular formula is C12H25NO3S. The average molecular weight is 263 g/mol. The van der Waals surface area contributed by atoms with E-state index in [0.29, 0.717) is 6.54 Å². The van der Waals surface area contributed by atoms with Crippen LogP contribution in [0.15, 0.2) is 0 Å². The molecule has 0 aromatic carbocycles. The molecule has 1 saturated carbocycles. The van der Waals surface area contributed by atoms with Gasteiger partial charge in [0, 0.05) is 6.54 Å². The molecule has 1 aliphatic carbocycles. The summed E-state index contributed by atoms with van der Waals surface area (Å²) in [5, 5.41) is 0. The fourth-order valence-electron chi connectivity index (χ4n) is 2.10. The van der Waals surface area contributed by atoms with Crippen molar-refractivity contribution in [3.63, 3.8) is 0 Å². The van der Waals surface area contributed by atoms with Gasteiger partial charge in [-0.2, -0.15) is 0 Å². The summed E-state index contributed by atoms with van der Waals surface area (Å²) in [6, 6.07) is 0. The maximum Gasteiger partial charge on any atom is 0.157 e. The van der Waals surface area contributed by atoms with E-state index in [4.69, 9.17) is 10.5 Å². The minimum Gasteiger partial charge on any atom is -0.373 e. The van der Waals surface area contributed by atoms with Gasteiger partial charge >= 0.3 is 0 Å². The highest BCUT2D eigenvalue weighted by atomic mass is 32.2. The molecule has 0 aromatic rings. The molecule has 2 N–H and O–H groups in total. The van der Waals surface area contributed by atoms with Gasteiger partial charge in [0.1, 0.15) is 0 Å². The molecule has 1 aliphatic rings. The van der Waals surface area contributed by atoms with Crippen molar-refractivity contribution in [1.82, 2.24) is 0 Å². The van der Waals surface area contributed by atoms with Crippen LogP contribution in [-0.2, 0) is 14.6 Å². The molecule has 0 atom stereocenters. The number of rotatable bonds is 5. The van der Waals surface area contributed by atoms with E-state index in [2.05, 4.69) is 0 Å². The monoisotopic (exact) mass is 263 g/mol. The Morgan fingerprint density at radius 2 is 1.76 bits per heavy atom. The zero-order valence-electron chi connectivity index (χ0n) is 11.2. The van der Waals surface area contributed by atoms with Crippen molar-refractivity contribution >= 4 is 9.84 Å². The van der Waals surface area contributed by atoms with E-state index in [9.17, 15) is 8.42 Å². The predicted molar refractivity (Wildman–Crippen MR) is 69.7 cm³/mol. The van der Waals surface area contributed by atoms with Crippen molar-refractivity contribution in [3.8, 4) is 0 Å². The van der Waals surface area contributed by atoms with Crippen LogP contribution in [0.2, 0.25) is 0 Å². The first kappa shape index (κ1) is 14.9. The van der Waals surface area contributed by atoms with Crippen LogP contribution in [0.25, 0.3) is 0 Å². The zero-order chi connectivity index (χ0) is 13.2. The summed E-state index contributed by atoms with van der Waals surface area (Å²) in [5.41, 5.74) is 5.47. The lowest BCUT2D eigenvalue weighted by molar-refractivity contribution is -0.0256. The van der Waals surface area contributed by atoms with Gasteiger partial charge in [0.15, 0.2) is 9.84 Å². The van der Waals surface area contributed by atoms with Gasteiger partial charge in [0.05, 0.1) is 22.7 Å². The van der Waals surface area contributed by atoms with Crippen molar-refractivity contribution < 1.29 is 13.2 Å². The highest BCUT2D eigenvalue weighted by molar-refractivity contribution is 7.92. The van der Waals surface area contributed by atoms with Crippen molar-refractivity contribution in [1.29, 1.82) is 0 Å². The van der Waals surface area contributed by atoms with Crippen LogP contribution >= 0.6 is 0 Å². The highest BCUT2D eigenvalue weighted by Crippen LogP contribution is 2.32. The van der Waals surface area contributed by atoms with Gasteiger partial charge in [-0.25, -0.2) is 8.42 Å². The Morgan fingerprint density at radius 3 is 2.18 bits per heavy atom. The normalized spacial score (nSPS) is 20.7. The van der Waals surface area contributed by atoms with Crippen molar-refractivity contribution in [2.24, 2.45) is 5.73 Å². The molecule has 102 valence electrons. The number of hydrogen-bond donors (Lipinski definition) is 1. The molecule has 0 bridgehead atoms. The largest absolute Gasteiger partial charge is 0.373 e. The molecule has 5 heteroatoms. The average Bonchev–Trinajstić information content (AvgIpc) is 2.65. The summed E-state index contributed by atoms with van der Waals surface area (Å²) in [6.45, 7) is 5.91. The number of nitrogens with two attached hydrogens (primary N) is 1. The Morgan fingerprint density at radius 1 is 1.24 bits per heavy atom. The summed E-state index contributed by atoms with van der Waals surface area (Å²) in [4.78, 5) is 0. The number of hydrogen-bond acceptors (Lipinski definition) is 4.